The van der Waals surface area contributed by atoms with Gasteiger partial charge in [0.1, 0.15) is 17.6 Å². The Hall–Kier alpha value is -1.60. The van der Waals surface area contributed by atoms with Crippen LogP contribution in [-0.2, 0) is 0 Å². The van der Waals surface area contributed by atoms with Gasteiger partial charge >= 0.3 is 0 Å². The lowest BCUT2D eigenvalue weighted by Gasteiger charge is -2.09. The van der Waals surface area contributed by atoms with E-state index in [0.717, 1.165) is 5.56 Å². The van der Waals surface area contributed by atoms with Crippen LogP contribution in [0.15, 0.2) is 12.1 Å². The van der Waals surface area contributed by atoms with Crippen LogP contribution in [0.5, 0.6) is 0 Å². The molecule has 0 saturated heterocycles. The molecule has 1 heterocycles. The molecule has 0 aliphatic rings. The van der Waals surface area contributed by atoms with Crippen molar-refractivity contribution in [3.8, 4) is 6.07 Å². The van der Waals surface area contributed by atoms with Crippen molar-refractivity contribution in [3.63, 3.8) is 0 Å². The van der Waals surface area contributed by atoms with Gasteiger partial charge in [-0.15, -0.1) is 0 Å². The zero-order valence-electron chi connectivity index (χ0n) is 8.28. The van der Waals surface area contributed by atoms with E-state index in [4.69, 9.17) is 10.4 Å². The number of aromatic nitrogens is 1. The molecule has 1 atom stereocenters. The van der Waals surface area contributed by atoms with Crippen LogP contribution in [0, 0.1) is 18.3 Å². The maximum absolute atomic E-state index is 9.08. The van der Waals surface area contributed by atoms with Gasteiger partial charge in [0, 0.05) is 6.54 Å². The number of aliphatic hydroxyl groups excluding tert-OH is 1. The number of hydrogen-bond acceptors (Lipinski definition) is 4. The van der Waals surface area contributed by atoms with Crippen molar-refractivity contribution < 1.29 is 5.11 Å². The number of nitrogens with one attached hydrogen (secondary N) is 1. The lowest BCUT2D eigenvalue weighted by atomic mass is 10.2. The topological polar surface area (TPSA) is 68.9 Å². The van der Waals surface area contributed by atoms with Gasteiger partial charge < -0.3 is 10.4 Å². The van der Waals surface area contributed by atoms with Crippen LogP contribution in [0.4, 0.5) is 5.82 Å². The molecular weight excluding hydrogens is 178 g/mol. The van der Waals surface area contributed by atoms with E-state index >= 15 is 0 Å². The molecule has 0 aromatic carbocycles. The molecule has 0 radical (unpaired) electrons. The highest BCUT2D eigenvalue weighted by Crippen LogP contribution is 2.11. The SMILES string of the molecule is Cc1ccc(C#N)nc1NCC(C)O. The normalized spacial score (nSPS) is 11.9. The third kappa shape index (κ3) is 2.71. The quantitative estimate of drug-likeness (QED) is 0.749. The molecule has 0 saturated carbocycles. The van der Waals surface area contributed by atoms with Crippen molar-refractivity contribution in [3.05, 3.63) is 23.4 Å². The molecule has 1 unspecified atom stereocenters. The van der Waals surface area contributed by atoms with E-state index in [1.54, 1.807) is 13.0 Å². The summed E-state index contributed by atoms with van der Waals surface area (Å²) < 4.78 is 0. The lowest BCUT2D eigenvalue weighted by Crippen LogP contribution is -2.16. The minimum absolute atomic E-state index is 0.378. The van der Waals surface area contributed by atoms with Gasteiger partial charge in [0.2, 0.25) is 0 Å². The van der Waals surface area contributed by atoms with Crippen molar-refractivity contribution in [1.82, 2.24) is 4.98 Å². The van der Waals surface area contributed by atoms with E-state index in [1.165, 1.54) is 0 Å². The van der Waals surface area contributed by atoms with Crippen LogP contribution in [0.1, 0.15) is 18.2 Å². The summed E-state index contributed by atoms with van der Waals surface area (Å²) in [6, 6.07) is 5.47. The van der Waals surface area contributed by atoms with E-state index < -0.39 is 6.10 Å². The molecule has 1 rings (SSSR count). The predicted molar refractivity (Wildman–Crippen MR) is 53.9 cm³/mol. The van der Waals surface area contributed by atoms with Gasteiger partial charge in [0.05, 0.1) is 6.10 Å². The zero-order valence-corrected chi connectivity index (χ0v) is 8.28. The maximum Gasteiger partial charge on any atom is 0.142 e. The first-order valence-electron chi connectivity index (χ1n) is 4.43. The molecule has 4 nitrogen and oxygen atoms in total. The molecule has 0 fully saturated rings. The summed E-state index contributed by atoms with van der Waals surface area (Å²) in [6.45, 7) is 4.03. The minimum atomic E-state index is -0.429. The summed E-state index contributed by atoms with van der Waals surface area (Å²) >= 11 is 0. The van der Waals surface area contributed by atoms with E-state index in [9.17, 15) is 0 Å². The van der Waals surface area contributed by atoms with Gasteiger partial charge in [-0.05, 0) is 25.5 Å². The molecule has 0 amide bonds. The minimum Gasteiger partial charge on any atom is -0.392 e. The number of nitriles is 1. The van der Waals surface area contributed by atoms with Crippen molar-refractivity contribution in [2.24, 2.45) is 0 Å². The van der Waals surface area contributed by atoms with Crippen LogP contribution < -0.4 is 5.32 Å². The Kier molecular flexibility index (Phi) is 3.43. The predicted octanol–water partition coefficient (Wildman–Crippen LogP) is 1.05. The molecule has 2 N–H and O–H groups in total. The number of aryl methyl sites for hydroxylation is 1. The second kappa shape index (κ2) is 4.58. The largest absolute Gasteiger partial charge is 0.392 e. The molecular formula is C10H13N3O. The number of pyridine rings is 1. The summed E-state index contributed by atoms with van der Waals surface area (Å²) in [5, 5.41) is 20.7. The first-order valence-corrected chi connectivity index (χ1v) is 4.43. The van der Waals surface area contributed by atoms with Gasteiger partial charge in [0.25, 0.3) is 0 Å². The third-order valence-electron chi connectivity index (χ3n) is 1.78. The highest BCUT2D eigenvalue weighted by atomic mass is 16.3. The van der Waals surface area contributed by atoms with Gasteiger partial charge in [0.15, 0.2) is 0 Å². The highest BCUT2D eigenvalue weighted by Gasteiger charge is 2.02. The van der Waals surface area contributed by atoms with Gasteiger partial charge in [-0.25, -0.2) is 4.98 Å². The second-order valence-electron chi connectivity index (χ2n) is 3.20. The van der Waals surface area contributed by atoms with Gasteiger partial charge in [-0.2, -0.15) is 5.26 Å². The van der Waals surface area contributed by atoms with Crippen molar-refractivity contribution in [2.45, 2.75) is 20.0 Å². The highest BCUT2D eigenvalue weighted by molar-refractivity contribution is 5.46. The fourth-order valence-electron chi connectivity index (χ4n) is 1.01. The Balaban J connectivity index is 2.80. The van der Waals surface area contributed by atoms with Crippen LogP contribution in [0.2, 0.25) is 0 Å². The first-order chi connectivity index (χ1) is 6.63. The van der Waals surface area contributed by atoms with E-state index in [-0.39, 0.29) is 0 Å². The summed E-state index contributed by atoms with van der Waals surface area (Å²) in [5.41, 5.74) is 1.34. The van der Waals surface area contributed by atoms with E-state index in [1.807, 2.05) is 19.1 Å². The molecule has 0 spiro atoms. The summed E-state index contributed by atoms with van der Waals surface area (Å²) in [5.74, 6) is 0.657. The third-order valence-corrected chi connectivity index (χ3v) is 1.78. The first kappa shape index (κ1) is 10.5. The maximum atomic E-state index is 9.08. The standard InChI is InChI=1S/C10H13N3O/c1-7-3-4-9(5-11)13-10(7)12-6-8(2)14/h3-4,8,14H,6H2,1-2H3,(H,12,13). The second-order valence-corrected chi connectivity index (χ2v) is 3.20. The Labute approximate surface area is 83.2 Å². The van der Waals surface area contributed by atoms with Crippen LogP contribution >= 0.6 is 0 Å². The number of aliphatic hydroxyl groups is 1. The smallest absolute Gasteiger partial charge is 0.142 e. The summed E-state index contributed by atoms with van der Waals surface area (Å²) in [6.07, 6.45) is -0.429. The lowest BCUT2D eigenvalue weighted by molar-refractivity contribution is 0.208. The average Bonchev–Trinajstić information content (AvgIpc) is 2.16. The van der Waals surface area contributed by atoms with Crippen LogP contribution in [0.3, 0.4) is 0 Å². The fraction of sp³-hybridized carbons (Fsp3) is 0.400. The Morgan fingerprint density at radius 2 is 2.36 bits per heavy atom. The van der Waals surface area contributed by atoms with Crippen LogP contribution in [-0.4, -0.2) is 22.7 Å². The van der Waals surface area contributed by atoms with Crippen molar-refractivity contribution in [2.75, 3.05) is 11.9 Å². The Morgan fingerprint density at radius 1 is 1.64 bits per heavy atom. The number of rotatable bonds is 3. The van der Waals surface area contributed by atoms with Gasteiger partial charge in [-0.3, -0.25) is 0 Å². The molecule has 0 aliphatic heterocycles. The molecule has 74 valence electrons. The molecule has 14 heavy (non-hydrogen) atoms. The van der Waals surface area contributed by atoms with Crippen LogP contribution in [0.25, 0.3) is 0 Å². The molecule has 0 bridgehead atoms. The van der Waals surface area contributed by atoms with E-state index in [2.05, 4.69) is 10.3 Å². The zero-order chi connectivity index (χ0) is 10.6. The number of nitrogens with zero attached hydrogens (tertiary/aromatic N) is 2. The van der Waals surface area contributed by atoms with Crippen molar-refractivity contribution >= 4 is 5.82 Å². The monoisotopic (exact) mass is 191 g/mol. The molecule has 4 heteroatoms. The summed E-state index contributed by atoms with van der Waals surface area (Å²) in [4.78, 5) is 4.08. The Bertz CT molecular complexity index is 355. The summed E-state index contributed by atoms with van der Waals surface area (Å²) in [7, 11) is 0. The fourth-order valence-corrected chi connectivity index (χ4v) is 1.01. The van der Waals surface area contributed by atoms with Crippen molar-refractivity contribution in [1.29, 1.82) is 5.26 Å². The number of hydrogen-bond donors (Lipinski definition) is 2. The molecule has 1 aromatic rings. The molecule has 0 aliphatic carbocycles. The Morgan fingerprint density at radius 3 is 2.93 bits per heavy atom. The van der Waals surface area contributed by atoms with E-state index in [0.29, 0.717) is 18.1 Å². The molecule has 1 aromatic heterocycles. The average molecular weight is 191 g/mol. The number of anilines is 1. The van der Waals surface area contributed by atoms with Gasteiger partial charge in [-0.1, -0.05) is 6.07 Å².